The number of hydrogen-bond acceptors (Lipinski definition) is 1. The van der Waals surface area contributed by atoms with Crippen molar-refractivity contribution in [3.8, 4) is 0 Å². The van der Waals surface area contributed by atoms with Crippen molar-refractivity contribution in [2.75, 3.05) is 19.6 Å². The van der Waals surface area contributed by atoms with Crippen molar-refractivity contribution >= 4 is 0 Å². The molecule has 72 valence electrons. The van der Waals surface area contributed by atoms with Gasteiger partial charge in [-0.2, -0.15) is 0 Å². The Kier molecular flexibility index (Phi) is 4.07. The van der Waals surface area contributed by atoms with Crippen LogP contribution in [-0.4, -0.2) is 24.5 Å². The van der Waals surface area contributed by atoms with Crippen molar-refractivity contribution in [1.29, 1.82) is 0 Å². The molecule has 0 spiro atoms. The van der Waals surface area contributed by atoms with Gasteiger partial charge < -0.3 is 4.90 Å². The number of nitrogens with zero attached hydrogens (tertiary/aromatic N) is 1. The van der Waals surface area contributed by atoms with E-state index >= 15 is 0 Å². The molecule has 1 nitrogen and oxygen atoms in total. The second-order valence-electron chi connectivity index (χ2n) is 3.92. The summed E-state index contributed by atoms with van der Waals surface area (Å²) in [5.74, 6) is 2.10. The fourth-order valence-electron chi connectivity index (χ4n) is 2.48. The second kappa shape index (κ2) is 4.86. The summed E-state index contributed by atoms with van der Waals surface area (Å²) >= 11 is 0. The van der Waals surface area contributed by atoms with Crippen molar-refractivity contribution in [1.82, 2.24) is 4.90 Å². The van der Waals surface area contributed by atoms with Gasteiger partial charge in [-0.3, -0.25) is 0 Å². The van der Waals surface area contributed by atoms with Gasteiger partial charge in [0, 0.05) is 13.1 Å². The van der Waals surface area contributed by atoms with Crippen LogP contribution in [0.25, 0.3) is 0 Å². The van der Waals surface area contributed by atoms with Gasteiger partial charge in [-0.25, -0.2) is 0 Å². The monoisotopic (exact) mass is 169 g/mol. The molecule has 2 saturated heterocycles. The van der Waals surface area contributed by atoms with Gasteiger partial charge in [0.1, 0.15) is 0 Å². The molecule has 2 heterocycles. The van der Waals surface area contributed by atoms with Crippen LogP contribution in [0.5, 0.6) is 0 Å². The number of fused-ring (bicyclic) bond motifs is 2. The Hall–Kier alpha value is -0.0400. The first-order valence-corrected chi connectivity index (χ1v) is 5.61. The Balaban J connectivity index is 0.000000336. The summed E-state index contributed by atoms with van der Waals surface area (Å²) in [7, 11) is 0. The molecule has 1 heteroatoms. The average Bonchev–Trinajstić information content (AvgIpc) is 2.49. The molecule has 0 saturated carbocycles. The number of piperidine rings is 1. The molecule has 0 aromatic rings. The van der Waals surface area contributed by atoms with E-state index in [2.05, 4.69) is 11.8 Å². The van der Waals surface area contributed by atoms with Gasteiger partial charge >= 0.3 is 0 Å². The van der Waals surface area contributed by atoms with Crippen LogP contribution in [0.4, 0.5) is 0 Å². The van der Waals surface area contributed by atoms with Gasteiger partial charge in [-0.05, 0) is 31.2 Å². The van der Waals surface area contributed by atoms with E-state index in [1.165, 1.54) is 38.9 Å². The van der Waals surface area contributed by atoms with E-state index in [4.69, 9.17) is 0 Å². The maximum absolute atomic E-state index is 2.64. The summed E-state index contributed by atoms with van der Waals surface area (Å²) in [6.45, 7) is 10.5. The van der Waals surface area contributed by atoms with Crippen molar-refractivity contribution in [3.05, 3.63) is 0 Å². The predicted octanol–water partition coefficient (Wildman–Crippen LogP) is 2.76. The minimum atomic E-state index is 1.03. The first-order valence-electron chi connectivity index (χ1n) is 5.61. The zero-order valence-corrected chi connectivity index (χ0v) is 8.84. The first kappa shape index (κ1) is 10.0. The van der Waals surface area contributed by atoms with Crippen LogP contribution in [0.2, 0.25) is 0 Å². The topological polar surface area (TPSA) is 3.24 Å². The molecule has 0 amide bonds. The van der Waals surface area contributed by atoms with Gasteiger partial charge in [-0.15, -0.1) is 0 Å². The summed E-state index contributed by atoms with van der Waals surface area (Å²) in [5.41, 5.74) is 0. The van der Waals surface area contributed by atoms with E-state index in [0.29, 0.717) is 0 Å². The molecule has 12 heavy (non-hydrogen) atoms. The lowest BCUT2D eigenvalue weighted by Gasteiger charge is -2.28. The van der Waals surface area contributed by atoms with Gasteiger partial charge in [0.15, 0.2) is 0 Å². The number of rotatable bonds is 1. The predicted molar refractivity (Wildman–Crippen MR) is 54.3 cm³/mol. The summed E-state index contributed by atoms with van der Waals surface area (Å²) in [4.78, 5) is 2.64. The van der Waals surface area contributed by atoms with Crippen molar-refractivity contribution in [2.24, 2.45) is 11.8 Å². The van der Waals surface area contributed by atoms with Crippen molar-refractivity contribution < 1.29 is 0 Å². The third kappa shape index (κ3) is 2.22. The minimum absolute atomic E-state index is 1.03. The SMILES string of the molecule is CC.CCC1CC2CCN(C1)C2. The summed E-state index contributed by atoms with van der Waals surface area (Å²) in [5, 5.41) is 0. The van der Waals surface area contributed by atoms with E-state index in [1.807, 2.05) is 13.8 Å². The van der Waals surface area contributed by atoms with Gasteiger partial charge in [0.05, 0.1) is 0 Å². The Bertz CT molecular complexity index is 110. The lowest BCUT2D eigenvalue weighted by Crippen LogP contribution is -2.32. The van der Waals surface area contributed by atoms with Crippen molar-refractivity contribution in [3.63, 3.8) is 0 Å². The smallest absolute Gasteiger partial charge is 0.00104 e. The maximum atomic E-state index is 2.64. The first-order chi connectivity index (χ1) is 5.88. The van der Waals surface area contributed by atoms with E-state index in [1.54, 1.807) is 0 Å². The van der Waals surface area contributed by atoms with Gasteiger partial charge in [-0.1, -0.05) is 27.2 Å². The van der Waals surface area contributed by atoms with E-state index in [-0.39, 0.29) is 0 Å². The summed E-state index contributed by atoms with van der Waals surface area (Å²) in [6, 6.07) is 0. The zero-order chi connectivity index (χ0) is 8.97. The van der Waals surface area contributed by atoms with Crippen LogP contribution in [0.1, 0.15) is 40.0 Å². The Morgan fingerprint density at radius 3 is 2.58 bits per heavy atom. The molecule has 2 aliphatic heterocycles. The van der Waals surface area contributed by atoms with E-state index in [0.717, 1.165) is 11.8 Å². The molecule has 2 rings (SSSR count). The molecule has 2 fully saturated rings. The molecule has 0 radical (unpaired) electrons. The molecule has 0 aliphatic carbocycles. The highest BCUT2D eigenvalue weighted by molar-refractivity contribution is 4.84. The van der Waals surface area contributed by atoms with Crippen LogP contribution in [-0.2, 0) is 0 Å². The molecular weight excluding hydrogens is 146 g/mol. The molecule has 0 aromatic heterocycles. The third-order valence-corrected chi connectivity index (χ3v) is 3.13. The highest BCUT2D eigenvalue weighted by Crippen LogP contribution is 2.31. The molecule has 0 aromatic carbocycles. The quantitative estimate of drug-likeness (QED) is 0.583. The van der Waals surface area contributed by atoms with Gasteiger partial charge in [0.2, 0.25) is 0 Å². The summed E-state index contributed by atoms with van der Waals surface area (Å²) in [6.07, 6.45) is 4.40. The molecule has 3 atom stereocenters. The fraction of sp³-hybridized carbons (Fsp3) is 1.00. The van der Waals surface area contributed by atoms with E-state index in [9.17, 15) is 0 Å². The molecular formula is C11H23N. The average molecular weight is 169 g/mol. The Labute approximate surface area is 77.1 Å². The minimum Gasteiger partial charge on any atom is -0.303 e. The highest BCUT2D eigenvalue weighted by atomic mass is 15.2. The molecule has 0 N–H and O–H groups in total. The Morgan fingerprint density at radius 2 is 2.00 bits per heavy atom. The Morgan fingerprint density at radius 1 is 1.25 bits per heavy atom. The molecule has 2 bridgehead atoms. The fourth-order valence-corrected chi connectivity index (χ4v) is 2.48. The van der Waals surface area contributed by atoms with Gasteiger partial charge in [0.25, 0.3) is 0 Å². The van der Waals surface area contributed by atoms with Crippen LogP contribution >= 0.6 is 0 Å². The second-order valence-corrected chi connectivity index (χ2v) is 3.92. The maximum Gasteiger partial charge on any atom is 0.00104 e. The number of hydrogen-bond donors (Lipinski definition) is 0. The highest BCUT2D eigenvalue weighted by Gasteiger charge is 2.30. The normalized spacial score (nSPS) is 38.8. The summed E-state index contributed by atoms with van der Waals surface area (Å²) < 4.78 is 0. The third-order valence-electron chi connectivity index (χ3n) is 3.13. The van der Waals surface area contributed by atoms with Crippen LogP contribution in [0.15, 0.2) is 0 Å². The zero-order valence-electron chi connectivity index (χ0n) is 8.84. The van der Waals surface area contributed by atoms with Crippen molar-refractivity contribution in [2.45, 2.75) is 40.0 Å². The largest absolute Gasteiger partial charge is 0.303 e. The standard InChI is InChI=1S/C9H17N.C2H6/c1-2-8-5-9-3-4-10(6-8)7-9;1-2/h8-9H,2-7H2,1H3;1-2H3. The van der Waals surface area contributed by atoms with Crippen LogP contribution < -0.4 is 0 Å². The lowest BCUT2D eigenvalue weighted by molar-refractivity contribution is 0.198. The van der Waals surface area contributed by atoms with E-state index < -0.39 is 0 Å². The van der Waals surface area contributed by atoms with Crippen LogP contribution in [0, 0.1) is 11.8 Å². The lowest BCUT2D eigenvalue weighted by atomic mass is 9.90. The molecule has 3 unspecified atom stereocenters. The van der Waals surface area contributed by atoms with Crippen LogP contribution in [0.3, 0.4) is 0 Å². The molecule has 2 aliphatic rings.